The number of nitrogens with zero attached hydrogens (tertiary/aromatic N) is 2. The number of anilines is 1. The predicted molar refractivity (Wildman–Crippen MR) is 134 cm³/mol. The molecule has 0 bridgehead atoms. The van der Waals surface area contributed by atoms with Gasteiger partial charge in [-0.1, -0.05) is 51.5 Å². The topological polar surface area (TPSA) is 75.3 Å². The maximum Gasteiger partial charge on any atom is 0.356 e. The Morgan fingerprint density at radius 3 is 2.33 bits per heavy atom. The number of carbonyl (C=O) groups is 2. The molecule has 1 aliphatic rings. The Bertz CT molecular complexity index is 955. The molecule has 0 radical (unpaired) electrons. The van der Waals surface area contributed by atoms with Gasteiger partial charge in [0, 0.05) is 11.8 Å². The van der Waals surface area contributed by atoms with Gasteiger partial charge in [-0.05, 0) is 57.2 Å². The summed E-state index contributed by atoms with van der Waals surface area (Å²) in [6, 6.07) is 9.74. The molecule has 1 saturated carbocycles. The monoisotopic (exact) mass is 451 g/mol. The van der Waals surface area contributed by atoms with Gasteiger partial charge >= 0.3 is 5.97 Å². The van der Waals surface area contributed by atoms with Crippen molar-refractivity contribution in [2.45, 2.75) is 71.8 Å². The molecule has 0 spiro atoms. The summed E-state index contributed by atoms with van der Waals surface area (Å²) < 4.78 is 5.00. The maximum absolute atomic E-state index is 12.4. The number of aromatic nitrogens is 2. The molecule has 3 rings (SSSR count). The zero-order valence-corrected chi connectivity index (χ0v) is 20.4. The molecule has 0 aliphatic heterocycles. The Kier molecular flexibility index (Phi) is 9.64. The second-order valence-electron chi connectivity index (χ2n) is 8.21. The second-order valence-corrected chi connectivity index (χ2v) is 8.21. The van der Waals surface area contributed by atoms with Gasteiger partial charge in [-0.3, -0.25) is 9.89 Å². The SMILES string of the molecule is C=C(c1cc(C(=O)OCC)[nH]n1)N(c1ccc(CC)cc1)C1(C(C)=O)CC1.C=CCCCC. The van der Waals surface area contributed by atoms with Gasteiger partial charge in [0.15, 0.2) is 5.78 Å². The third-order valence-corrected chi connectivity index (χ3v) is 5.81. The van der Waals surface area contributed by atoms with E-state index in [2.05, 4.69) is 49.3 Å². The highest BCUT2D eigenvalue weighted by Gasteiger charge is 2.53. The van der Waals surface area contributed by atoms with E-state index in [0.29, 0.717) is 11.4 Å². The van der Waals surface area contributed by atoms with Crippen LogP contribution < -0.4 is 4.90 Å². The van der Waals surface area contributed by atoms with Gasteiger partial charge in [0.1, 0.15) is 16.9 Å². The number of hydrogen-bond donors (Lipinski definition) is 1. The highest BCUT2D eigenvalue weighted by molar-refractivity contribution is 5.98. The summed E-state index contributed by atoms with van der Waals surface area (Å²) in [4.78, 5) is 26.3. The Labute approximate surface area is 197 Å². The molecule has 33 heavy (non-hydrogen) atoms. The Morgan fingerprint density at radius 1 is 1.21 bits per heavy atom. The van der Waals surface area contributed by atoms with E-state index in [1.54, 1.807) is 19.9 Å². The number of H-pyrrole nitrogens is 1. The average Bonchev–Trinajstić information content (AvgIpc) is 3.46. The van der Waals surface area contributed by atoms with Crippen LogP contribution in [0, 0.1) is 0 Å². The predicted octanol–water partition coefficient (Wildman–Crippen LogP) is 6.11. The lowest BCUT2D eigenvalue weighted by Gasteiger charge is -2.33. The van der Waals surface area contributed by atoms with Crippen molar-refractivity contribution in [3.63, 3.8) is 0 Å². The summed E-state index contributed by atoms with van der Waals surface area (Å²) in [7, 11) is 0. The first-order valence-electron chi connectivity index (χ1n) is 11.8. The van der Waals surface area contributed by atoms with Crippen molar-refractivity contribution < 1.29 is 14.3 Å². The molecule has 1 N–H and O–H groups in total. The Hall–Kier alpha value is -3.15. The first kappa shape index (κ1) is 26.1. The summed E-state index contributed by atoms with van der Waals surface area (Å²) >= 11 is 0. The number of hydrogen-bond acceptors (Lipinski definition) is 5. The molecule has 6 nitrogen and oxygen atoms in total. The van der Waals surface area contributed by atoms with Crippen molar-refractivity contribution in [3.8, 4) is 0 Å². The number of carbonyl (C=O) groups excluding carboxylic acids is 2. The number of aromatic amines is 1. The number of Topliss-reactive ketones (excluding diaryl/α,β-unsaturated/α-hetero) is 1. The van der Waals surface area contributed by atoms with E-state index < -0.39 is 11.5 Å². The highest BCUT2D eigenvalue weighted by Crippen LogP contribution is 2.48. The second kappa shape index (κ2) is 12.2. The Morgan fingerprint density at radius 2 is 1.88 bits per heavy atom. The number of esters is 1. The van der Waals surface area contributed by atoms with E-state index in [1.807, 2.05) is 23.1 Å². The molecule has 1 aromatic heterocycles. The van der Waals surface area contributed by atoms with E-state index in [9.17, 15) is 9.59 Å². The number of nitrogens with one attached hydrogen (secondary N) is 1. The van der Waals surface area contributed by atoms with Crippen LogP contribution in [-0.2, 0) is 16.0 Å². The number of ketones is 1. The van der Waals surface area contributed by atoms with Crippen LogP contribution in [0.4, 0.5) is 5.69 Å². The highest BCUT2D eigenvalue weighted by atomic mass is 16.5. The van der Waals surface area contributed by atoms with Crippen LogP contribution in [0.25, 0.3) is 5.70 Å². The van der Waals surface area contributed by atoms with Crippen molar-refractivity contribution in [3.05, 3.63) is 66.5 Å². The minimum Gasteiger partial charge on any atom is -0.461 e. The Balaban J connectivity index is 0.000000569. The molecule has 0 saturated heterocycles. The molecule has 0 atom stereocenters. The van der Waals surface area contributed by atoms with E-state index in [-0.39, 0.29) is 18.1 Å². The zero-order valence-electron chi connectivity index (χ0n) is 20.4. The standard InChI is InChI=1S/C21H25N3O3.C6H12/c1-5-16-7-9-17(10-8-16)24(21(11-12-21)15(4)25)14(3)18-13-19(23-22-18)20(26)27-6-2;1-3-5-6-4-2/h7-10,13H,3,5-6,11-12H2,1-2,4H3,(H,22,23);3H,1,4-6H2,2H3. The minimum absolute atomic E-state index is 0.101. The molecular formula is C27H37N3O3. The smallest absolute Gasteiger partial charge is 0.356 e. The number of aryl methyl sites for hydroxylation is 1. The third-order valence-electron chi connectivity index (χ3n) is 5.81. The minimum atomic E-state index is -0.589. The number of rotatable bonds is 11. The number of ether oxygens (including phenoxy) is 1. The summed E-state index contributed by atoms with van der Waals surface area (Å²) in [6.07, 6.45) is 8.20. The molecule has 1 aliphatic carbocycles. The van der Waals surface area contributed by atoms with E-state index >= 15 is 0 Å². The normalized spacial score (nSPS) is 13.3. The van der Waals surface area contributed by atoms with Gasteiger partial charge < -0.3 is 9.64 Å². The van der Waals surface area contributed by atoms with Crippen molar-refractivity contribution in [2.75, 3.05) is 11.5 Å². The van der Waals surface area contributed by atoms with E-state index in [1.165, 1.54) is 24.8 Å². The molecular weight excluding hydrogens is 414 g/mol. The number of benzene rings is 1. The summed E-state index contributed by atoms with van der Waals surface area (Å²) in [5.74, 6) is -0.361. The van der Waals surface area contributed by atoms with E-state index in [0.717, 1.165) is 24.9 Å². The largest absolute Gasteiger partial charge is 0.461 e. The first-order chi connectivity index (χ1) is 15.8. The molecule has 2 aromatic rings. The van der Waals surface area contributed by atoms with Crippen LogP contribution in [0.15, 0.2) is 49.6 Å². The summed E-state index contributed by atoms with van der Waals surface area (Å²) in [5, 5.41) is 6.92. The van der Waals surface area contributed by atoms with Crippen molar-refractivity contribution in [1.82, 2.24) is 10.2 Å². The molecule has 1 aromatic carbocycles. The maximum atomic E-state index is 12.4. The zero-order chi connectivity index (χ0) is 24.4. The number of unbranched alkanes of at least 4 members (excludes halogenated alkanes) is 2. The molecule has 0 amide bonds. The van der Waals surface area contributed by atoms with Crippen LogP contribution in [0.5, 0.6) is 0 Å². The number of allylic oxidation sites excluding steroid dienone is 1. The van der Waals surface area contributed by atoms with Crippen molar-refractivity contribution >= 4 is 23.1 Å². The van der Waals surface area contributed by atoms with Crippen molar-refractivity contribution in [2.24, 2.45) is 0 Å². The van der Waals surface area contributed by atoms with Crippen LogP contribution >= 0.6 is 0 Å². The quantitative estimate of drug-likeness (QED) is 0.253. The van der Waals surface area contributed by atoms with Crippen LogP contribution in [0.1, 0.15) is 81.5 Å². The molecule has 6 heteroatoms. The molecule has 1 heterocycles. The van der Waals surface area contributed by atoms with Gasteiger partial charge in [0.2, 0.25) is 0 Å². The molecule has 1 fully saturated rings. The lowest BCUT2D eigenvalue weighted by molar-refractivity contribution is -0.118. The fraction of sp³-hybridized carbons (Fsp3) is 0.444. The molecule has 0 unspecified atom stereocenters. The molecule has 178 valence electrons. The fourth-order valence-electron chi connectivity index (χ4n) is 3.64. The van der Waals surface area contributed by atoms with Gasteiger partial charge in [0.05, 0.1) is 12.3 Å². The van der Waals surface area contributed by atoms with Gasteiger partial charge in [-0.2, -0.15) is 5.10 Å². The third kappa shape index (κ3) is 6.44. The summed E-state index contributed by atoms with van der Waals surface area (Å²) in [5.41, 5.74) is 2.89. The first-order valence-corrected chi connectivity index (χ1v) is 11.8. The lowest BCUT2D eigenvalue weighted by atomic mass is 10.0. The van der Waals surface area contributed by atoms with E-state index in [4.69, 9.17) is 4.74 Å². The van der Waals surface area contributed by atoms with Gasteiger partial charge in [-0.25, -0.2) is 4.79 Å². The van der Waals surface area contributed by atoms with Crippen LogP contribution in [0.2, 0.25) is 0 Å². The van der Waals surface area contributed by atoms with Crippen LogP contribution in [-0.4, -0.2) is 34.1 Å². The van der Waals surface area contributed by atoms with Gasteiger partial charge in [-0.15, -0.1) is 6.58 Å². The summed E-state index contributed by atoms with van der Waals surface area (Å²) in [6.45, 7) is 15.7. The van der Waals surface area contributed by atoms with Crippen molar-refractivity contribution in [1.29, 1.82) is 0 Å². The van der Waals surface area contributed by atoms with Gasteiger partial charge in [0.25, 0.3) is 0 Å². The average molecular weight is 452 g/mol. The lowest BCUT2D eigenvalue weighted by Crippen LogP contribution is -2.41. The van der Waals surface area contributed by atoms with Crippen LogP contribution in [0.3, 0.4) is 0 Å². The fourth-order valence-corrected chi connectivity index (χ4v) is 3.64.